The van der Waals surface area contributed by atoms with Gasteiger partial charge < -0.3 is 69.0 Å². The predicted molar refractivity (Wildman–Crippen MR) is 192 cm³/mol. The fourth-order valence-corrected chi connectivity index (χ4v) is 8.67. The third kappa shape index (κ3) is 15.9. The Bertz CT molecular complexity index is 1820. The maximum absolute atomic E-state index is 12.5. The number of carbonyl (C=O) groups excluding carboxylic acids is 3. The van der Waals surface area contributed by atoms with E-state index in [1.807, 2.05) is 0 Å². The van der Waals surface area contributed by atoms with E-state index >= 15 is 0 Å². The van der Waals surface area contributed by atoms with Crippen molar-refractivity contribution in [3.05, 3.63) is 12.7 Å². The van der Waals surface area contributed by atoms with Crippen molar-refractivity contribution in [1.82, 2.24) is 30.2 Å². The molecule has 1 aliphatic heterocycles. The lowest BCUT2D eigenvalue weighted by atomic mass is 9.87. The monoisotopic (exact) mass is 889 g/mol. The Morgan fingerprint density at radius 2 is 1.70 bits per heavy atom. The first kappa shape index (κ1) is 48.9. The number of aromatic nitrogens is 4. The van der Waals surface area contributed by atoms with E-state index in [1.165, 1.54) is 13.8 Å². The first-order valence-electron chi connectivity index (χ1n) is 17.5. The molecule has 0 spiro atoms. The lowest BCUT2D eigenvalue weighted by Crippen LogP contribution is -2.46. The molecule has 2 amide bonds. The molecule has 28 heteroatoms. The summed E-state index contributed by atoms with van der Waals surface area (Å²) in [6.07, 6.45) is -1.94. The summed E-state index contributed by atoms with van der Waals surface area (Å²) in [4.78, 5) is 96.0. The highest BCUT2D eigenvalue weighted by molar-refractivity contribution is 8.13. The molecule has 0 bridgehead atoms. The van der Waals surface area contributed by atoms with Gasteiger partial charge in [0.15, 0.2) is 22.8 Å². The number of nitrogens with one attached hydrogen (secondary N) is 2. The van der Waals surface area contributed by atoms with Crippen molar-refractivity contribution in [3.63, 3.8) is 0 Å². The summed E-state index contributed by atoms with van der Waals surface area (Å²) in [5.41, 5.74) is 4.08. The summed E-state index contributed by atoms with van der Waals surface area (Å²) < 4.78 is 60.5. The van der Waals surface area contributed by atoms with Gasteiger partial charge in [0.1, 0.15) is 36.3 Å². The van der Waals surface area contributed by atoms with E-state index in [9.17, 15) is 57.9 Å². The van der Waals surface area contributed by atoms with Gasteiger partial charge in [-0.15, -0.1) is 0 Å². The van der Waals surface area contributed by atoms with Gasteiger partial charge in [0.05, 0.1) is 27.4 Å². The first-order valence-corrected chi connectivity index (χ1v) is 22.9. The SMILES string of the molecule is CCCCCCCC(=O)SCCNC(=O)CCNC(=O)C(O)C(C)(C)COP(=O)([O-])OP(=O)([O-])OCC1OC(n2cnc3c(N)ncnc32)C(O)C1OP(=O)([O-])[O-]. The molecule has 0 radical (unpaired) electrons. The number of amides is 2. The highest BCUT2D eigenvalue weighted by Crippen LogP contribution is 2.56. The predicted octanol–water partition coefficient (Wildman–Crippen LogP) is -1.50. The highest BCUT2D eigenvalue weighted by Gasteiger charge is 2.47. The average Bonchev–Trinajstić information content (AvgIpc) is 3.68. The van der Waals surface area contributed by atoms with Crippen LogP contribution >= 0.6 is 35.2 Å². The average molecular weight is 890 g/mol. The van der Waals surface area contributed by atoms with Crippen LogP contribution in [0.1, 0.15) is 71.9 Å². The molecule has 1 aliphatic rings. The summed E-state index contributed by atoms with van der Waals surface area (Å²) in [5, 5.41) is 26.3. The van der Waals surface area contributed by atoms with E-state index < -0.39 is 84.6 Å². The fourth-order valence-electron chi connectivity index (χ4n) is 5.22. The van der Waals surface area contributed by atoms with Crippen molar-refractivity contribution in [1.29, 1.82) is 0 Å². The molecule has 24 nitrogen and oxygen atoms in total. The van der Waals surface area contributed by atoms with Gasteiger partial charge in [0.25, 0.3) is 15.6 Å². The number of rotatable bonds is 25. The number of hydrogen-bond donors (Lipinski definition) is 5. The minimum atomic E-state index is -5.91. The lowest BCUT2D eigenvalue weighted by molar-refractivity contribution is -0.347. The van der Waals surface area contributed by atoms with E-state index in [2.05, 4.69) is 50.4 Å². The van der Waals surface area contributed by atoms with Crippen LogP contribution in [-0.4, -0.2) is 103 Å². The van der Waals surface area contributed by atoms with Crippen molar-refractivity contribution >= 4 is 69.1 Å². The minimum Gasteiger partial charge on any atom is -0.790 e. The number of fused-ring (bicyclic) bond motifs is 1. The molecule has 0 aliphatic carbocycles. The maximum atomic E-state index is 12.5. The minimum absolute atomic E-state index is 0.0194. The fraction of sp³-hybridized carbons (Fsp3) is 0.724. The largest absolute Gasteiger partial charge is 0.790 e. The number of aliphatic hydroxyl groups excluding tert-OH is 2. The summed E-state index contributed by atoms with van der Waals surface area (Å²) in [7, 11) is -17.6. The Balaban J connectivity index is 1.45. The molecule has 6 N–H and O–H groups in total. The van der Waals surface area contributed by atoms with Crippen LogP contribution in [0.3, 0.4) is 0 Å². The zero-order chi connectivity index (χ0) is 42.6. The number of unbranched alkanes of at least 4 members (excludes halogenated alkanes) is 4. The second-order valence-electron chi connectivity index (χ2n) is 13.4. The van der Waals surface area contributed by atoms with E-state index in [0.29, 0.717) is 12.2 Å². The Labute approximate surface area is 331 Å². The number of aliphatic hydroxyl groups is 2. The zero-order valence-corrected chi connectivity index (χ0v) is 34.7. The van der Waals surface area contributed by atoms with Gasteiger partial charge in [0.2, 0.25) is 11.8 Å². The van der Waals surface area contributed by atoms with E-state index in [0.717, 1.165) is 61.1 Å². The van der Waals surface area contributed by atoms with Crippen molar-refractivity contribution < 1.29 is 80.5 Å². The van der Waals surface area contributed by atoms with Crippen LogP contribution in [0.5, 0.6) is 0 Å². The lowest BCUT2D eigenvalue weighted by Gasteiger charge is -2.36. The molecule has 1 fully saturated rings. The van der Waals surface area contributed by atoms with Gasteiger partial charge in [-0.3, -0.25) is 28.1 Å². The number of anilines is 1. The summed E-state index contributed by atoms with van der Waals surface area (Å²) in [6, 6.07) is 0. The topological polar surface area (TPSA) is 375 Å². The van der Waals surface area contributed by atoms with Crippen LogP contribution in [0.2, 0.25) is 0 Å². The van der Waals surface area contributed by atoms with Gasteiger partial charge in [-0.2, -0.15) is 0 Å². The van der Waals surface area contributed by atoms with Gasteiger partial charge in [0, 0.05) is 37.1 Å². The van der Waals surface area contributed by atoms with Crippen LogP contribution in [0.25, 0.3) is 11.2 Å². The van der Waals surface area contributed by atoms with Crippen LogP contribution < -0.4 is 35.9 Å². The summed E-state index contributed by atoms with van der Waals surface area (Å²) in [5.74, 6) is -1.14. The van der Waals surface area contributed by atoms with Crippen LogP contribution in [-0.2, 0) is 50.7 Å². The number of nitrogens with zero attached hydrogens (tertiary/aromatic N) is 4. The molecule has 324 valence electrons. The highest BCUT2D eigenvalue weighted by atomic mass is 32.2. The first-order chi connectivity index (χ1) is 26.6. The van der Waals surface area contributed by atoms with E-state index in [4.69, 9.17) is 10.5 Å². The number of nitrogen functional groups attached to an aromatic ring is 1. The molecule has 3 heterocycles. The number of thioether (sulfide) groups is 1. The Morgan fingerprint density at radius 3 is 2.39 bits per heavy atom. The van der Waals surface area contributed by atoms with Crippen LogP contribution in [0.15, 0.2) is 12.7 Å². The number of hydrogen-bond acceptors (Lipinski definition) is 22. The quantitative estimate of drug-likeness (QED) is 0.0559. The van der Waals surface area contributed by atoms with E-state index in [-0.39, 0.29) is 41.6 Å². The molecular weight excluding hydrogens is 843 g/mol. The van der Waals surface area contributed by atoms with Gasteiger partial charge >= 0.3 is 0 Å². The molecule has 57 heavy (non-hydrogen) atoms. The van der Waals surface area contributed by atoms with Gasteiger partial charge in [-0.25, -0.2) is 19.3 Å². The molecule has 1 saturated heterocycles. The van der Waals surface area contributed by atoms with Gasteiger partial charge in [-0.05, 0) is 6.42 Å². The second kappa shape index (κ2) is 21.7. The van der Waals surface area contributed by atoms with Crippen molar-refractivity contribution in [2.24, 2.45) is 5.41 Å². The molecule has 2 aromatic heterocycles. The van der Waals surface area contributed by atoms with Crippen LogP contribution in [0.4, 0.5) is 5.82 Å². The van der Waals surface area contributed by atoms with Gasteiger partial charge in [-0.1, -0.05) is 58.2 Å². The van der Waals surface area contributed by atoms with E-state index in [1.54, 1.807) is 0 Å². The van der Waals surface area contributed by atoms with Crippen molar-refractivity contribution in [2.45, 2.75) is 96.4 Å². The molecule has 2 aromatic rings. The number of carbonyl (C=O) groups is 3. The molecule has 7 unspecified atom stereocenters. The molecule has 3 rings (SSSR count). The van der Waals surface area contributed by atoms with Crippen molar-refractivity contribution in [2.75, 3.05) is 37.8 Å². The zero-order valence-electron chi connectivity index (χ0n) is 31.2. The molecular formula is C29H46N7O17P3S-4. The Kier molecular flexibility index (Phi) is 18.6. The standard InChI is InChI=1S/C29H50N7O17P3S/c1-4-5-6-7-8-9-20(38)57-13-12-31-19(37)10-11-32-27(41)24(40)29(2,3)15-50-56(47,48)53-55(45,46)49-14-18-23(52-54(42,43)44)22(39)28(51-18)36-17-35-21-25(30)33-16-34-26(21)36/h16-18,22-24,28,39-40H,4-15H2,1-3H3,(H,31,37)(H,32,41)(H,45,46)(H,47,48)(H2,30,33,34)(H2,42,43,44)/p-4. The molecule has 0 aromatic carbocycles. The molecule has 7 atom stereocenters. The number of phosphoric ester groups is 3. The molecule has 0 saturated carbocycles. The second-order valence-corrected chi connectivity index (χ2v) is 18.6. The number of imidazole rings is 1. The Morgan fingerprint density at radius 1 is 1.02 bits per heavy atom. The number of nitrogens with two attached hydrogens (primary N) is 1. The smallest absolute Gasteiger partial charge is 0.274 e. The maximum Gasteiger partial charge on any atom is 0.274 e. The summed E-state index contributed by atoms with van der Waals surface area (Å²) in [6.45, 7) is 2.27. The van der Waals surface area contributed by atoms with Crippen molar-refractivity contribution in [3.8, 4) is 0 Å². The van der Waals surface area contributed by atoms with Crippen LogP contribution in [0, 0.1) is 5.41 Å². The summed E-state index contributed by atoms with van der Waals surface area (Å²) >= 11 is 1.12. The third-order valence-corrected chi connectivity index (χ3v) is 12.2. The Hall–Kier alpha value is -2.44. The number of phosphoric acid groups is 3. The normalized spacial score (nSPS) is 21.5. The third-order valence-electron chi connectivity index (χ3n) is 8.22. The number of ether oxygens (including phenoxy) is 1.